The zero-order valence-corrected chi connectivity index (χ0v) is 11.0. The first-order valence-electron chi connectivity index (χ1n) is 6.63. The maximum atomic E-state index is 13.2. The van der Waals surface area contributed by atoms with Gasteiger partial charge in [-0.3, -0.25) is 0 Å². The molecule has 2 rings (SSSR count). The quantitative estimate of drug-likeness (QED) is 0.645. The fraction of sp³-hybridized carbons (Fsp3) is 0.500. The maximum Gasteiger partial charge on any atom is 0.191 e. The number of rotatable bonds is 3. The van der Waals surface area contributed by atoms with Crippen LogP contribution < -0.4 is 5.73 Å². The smallest absolute Gasteiger partial charge is 0.191 e. The molecular formula is C14H20FN3O. The van der Waals surface area contributed by atoms with Crippen LogP contribution in [0.3, 0.4) is 0 Å². The summed E-state index contributed by atoms with van der Waals surface area (Å²) in [6.07, 6.45) is 3.56. The summed E-state index contributed by atoms with van der Waals surface area (Å²) in [5.41, 5.74) is 7.10. The standard InChI is InChI=1S/C14H20FN3O/c15-13-5-4-11(8-12(13)10-19)9-17-14(16)18-6-2-1-3-7-18/h4-5,8,19H,1-3,6-7,9-10H2,(H2,16,17). The fourth-order valence-electron chi connectivity index (χ4n) is 2.24. The summed E-state index contributed by atoms with van der Waals surface area (Å²) in [6, 6.07) is 4.65. The van der Waals surface area contributed by atoms with Gasteiger partial charge in [0.05, 0.1) is 13.2 Å². The molecule has 4 nitrogen and oxygen atoms in total. The first-order chi connectivity index (χ1) is 9.20. The molecule has 1 aromatic carbocycles. The lowest BCUT2D eigenvalue weighted by atomic mass is 10.1. The number of hydrogen-bond acceptors (Lipinski definition) is 2. The highest BCUT2D eigenvalue weighted by Gasteiger charge is 2.11. The molecule has 0 saturated carbocycles. The third-order valence-electron chi connectivity index (χ3n) is 3.38. The number of halogens is 1. The van der Waals surface area contributed by atoms with Gasteiger partial charge in [0.15, 0.2) is 5.96 Å². The van der Waals surface area contributed by atoms with E-state index in [2.05, 4.69) is 9.89 Å². The Bertz CT molecular complexity index is 456. The predicted molar refractivity (Wildman–Crippen MR) is 73.1 cm³/mol. The molecule has 0 atom stereocenters. The van der Waals surface area contributed by atoms with Gasteiger partial charge in [-0.05, 0) is 37.0 Å². The number of guanidine groups is 1. The van der Waals surface area contributed by atoms with Gasteiger partial charge in [0.25, 0.3) is 0 Å². The second-order valence-electron chi connectivity index (χ2n) is 4.81. The molecule has 0 aromatic heterocycles. The first-order valence-corrected chi connectivity index (χ1v) is 6.63. The summed E-state index contributed by atoms with van der Waals surface area (Å²) in [5, 5.41) is 9.02. The lowest BCUT2D eigenvalue weighted by Crippen LogP contribution is -2.40. The lowest BCUT2D eigenvalue weighted by Gasteiger charge is -2.27. The highest BCUT2D eigenvalue weighted by molar-refractivity contribution is 5.78. The average Bonchev–Trinajstić information content (AvgIpc) is 2.47. The molecule has 1 aliphatic rings. The molecule has 5 heteroatoms. The number of aliphatic imine (C=N–C) groups is 1. The van der Waals surface area contributed by atoms with E-state index in [4.69, 9.17) is 10.8 Å². The molecule has 0 radical (unpaired) electrons. The van der Waals surface area contributed by atoms with E-state index in [1.807, 2.05) is 0 Å². The van der Waals surface area contributed by atoms with E-state index < -0.39 is 0 Å². The molecule has 3 N–H and O–H groups in total. The number of likely N-dealkylation sites (tertiary alicyclic amines) is 1. The van der Waals surface area contributed by atoms with Crippen molar-refractivity contribution in [2.24, 2.45) is 10.7 Å². The van der Waals surface area contributed by atoms with E-state index in [0.29, 0.717) is 18.1 Å². The molecule has 1 aliphatic heterocycles. The SMILES string of the molecule is NC(=NCc1ccc(F)c(CO)c1)N1CCCCC1. The number of nitrogens with zero attached hydrogens (tertiary/aromatic N) is 2. The van der Waals surface area contributed by atoms with Crippen LogP contribution in [0.4, 0.5) is 4.39 Å². The zero-order chi connectivity index (χ0) is 13.7. The summed E-state index contributed by atoms with van der Waals surface area (Å²) < 4.78 is 13.2. The molecule has 0 bridgehead atoms. The third kappa shape index (κ3) is 3.67. The van der Waals surface area contributed by atoms with Gasteiger partial charge in [-0.1, -0.05) is 6.07 Å². The van der Waals surface area contributed by atoms with Crippen molar-refractivity contribution >= 4 is 5.96 Å². The molecule has 0 amide bonds. The van der Waals surface area contributed by atoms with Crippen molar-refractivity contribution in [2.75, 3.05) is 13.1 Å². The van der Waals surface area contributed by atoms with Crippen LogP contribution in [0.25, 0.3) is 0 Å². The van der Waals surface area contributed by atoms with Crippen molar-refractivity contribution in [1.29, 1.82) is 0 Å². The van der Waals surface area contributed by atoms with E-state index >= 15 is 0 Å². The van der Waals surface area contributed by atoms with Crippen LogP contribution in [-0.2, 0) is 13.2 Å². The maximum absolute atomic E-state index is 13.2. The summed E-state index contributed by atoms with van der Waals surface area (Å²) in [5.74, 6) is 0.161. The second kappa shape index (κ2) is 6.52. The third-order valence-corrected chi connectivity index (χ3v) is 3.38. The van der Waals surface area contributed by atoms with E-state index in [-0.39, 0.29) is 12.4 Å². The molecule has 1 heterocycles. The van der Waals surface area contributed by atoms with Gasteiger partial charge in [-0.2, -0.15) is 0 Å². The molecule has 19 heavy (non-hydrogen) atoms. The van der Waals surface area contributed by atoms with Crippen LogP contribution in [0.1, 0.15) is 30.4 Å². The Morgan fingerprint density at radius 2 is 2.05 bits per heavy atom. The molecule has 1 aromatic rings. The second-order valence-corrected chi connectivity index (χ2v) is 4.81. The summed E-state index contributed by atoms with van der Waals surface area (Å²) in [4.78, 5) is 6.42. The minimum atomic E-state index is -0.390. The van der Waals surface area contributed by atoms with Gasteiger partial charge in [0, 0.05) is 18.7 Å². The van der Waals surface area contributed by atoms with Crippen LogP contribution in [-0.4, -0.2) is 29.1 Å². The van der Waals surface area contributed by atoms with Crippen molar-refractivity contribution in [3.63, 3.8) is 0 Å². The number of benzene rings is 1. The van der Waals surface area contributed by atoms with Crippen LogP contribution in [0.2, 0.25) is 0 Å². The molecule has 1 saturated heterocycles. The van der Waals surface area contributed by atoms with Crippen molar-refractivity contribution in [3.05, 3.63) is 35.1 Å². The van der Waals surface area contributed by atoms with E-state index in [0.717, 1.165) is 31.5 Å². The van der Waals surface area contributed by atoms with Gasteiger partial charge < -0.3 is 15.7 Å². The number of hydrogen-bond donors (Lipinski definition) is 2. The van der Waals surface area contributed by atoms with Crippen LogP contribution >= 0.6 is 0 Å². The Kier molecular flexibility index (Phi) is 4.74. The molecule has 104 valence electrons. The Morgan fingerprint density at radius 3 is 2.74 bits per heavy atom. The van der Waals surface area contributed by atoms with E-state index in [1.54, 1.807) is 12.1 Å². The van der Waals surface area contributed by atoms with Crippen molar-refractivity contribution in [3.8, 4) is 0 Å². The average molecular weight is 265 g/mol. The monoisotopic (exact) mass is 265 g/mol. The predicted octanol–water partition coefficient (Wildman–Crippen LogP) is 1.62. The highest BCUT2D eigenvalue weighted by atomic mass is 19.1. The van der Waals surface area contributed by atoms with Crippen molar-refractivity contribution < 1.29 is 9.50 Å². The van der Waals surface area contributed by atoms with Gasteiger partial charge in [0.1, 0.15) is 5.82 Å². The summed E-state index contributed by atoms with van der Waals surface area (Å²) >= 11 is 0. The largest absolute Gasteiger partial charge is 0.392 e. The van der Waals surface area contributed by atoms with Gasteiger partial charge in [-0.25, -0.2) is 9.38 Å². The Labute approximate surface area is 112 Å². The Hall–Kier alpha value is -1.62. The van der Waals surface area contributed by atoms with Crippen LogP contribution in [0.5, 0.6) is 0 Å². The lowest BCUT2D eigenvalue weighted by molar-refractivity contribution is 0.275. The fourth-order valence-corrected chi connectivity index (χ4v) is 2.24. The van der Waals surface area contributed by atoms with E-state index in [1.165, 1.54) is 12.5 Å². The molecule has 1 fully saturated rings. The minimum absolute atomic E-state index is 0.296. The Balaban J connectivity index is 2.00. The summed E-state index contributed by atoms with van der Waals surface area (Å²) in [7, 11) is 0. The summed E-state index contributed by atoms with van der Waals surface area (Å²) in [6.45, 7) is 2.03. The van der Waals surface area contributed by atoms with Gasteiger partial charge in [-0.15, -0.1) is 0 Å². The van der Waals surface area contributed by atoms with Crippen molar-refractivity contribution in [2.45, 2.75) is 32.4 Å². The topological polar surface area (TPSA) is 61.9 Å². The highest BCUT2D eigenvalue weighted by Crippen LogP contribution is 2.12. The normalized spacial score (nSPS) is 16.7. The molecule has 0 aliphatic carbocycles. The minimum Gasteiger partial charge on any atom is -0.392 e. The number of aliphatic hydroxyl groups excluding tert-OH is 1. The van der Waals surface area contributed by atoms with Crippen LogP contribution in [0.15, 0.2) is 23.2 Å². The molecular weight excluding hydrogens is 245 g/mol. The number of piperidine rings is 1. The van der Waals surface area contributed by atoms with Gasteiger partial charge >= 0.3 is 0 Å². The first kappa shape index (κ1) is 13.8. The number of nitrogens with two attached hydrogens (primary N) is 1. The van der Waals surface area contributed by atoms with Crippen LogP contribution in [0, 0.1) is 5.82 Å². The van der Waals surface area contributed by atoms with E-state index in [9.17, 15) is 4.39 Å². The van der Waals surface area contributed by atoms with Crippen molar-refractivity contribution in [1.82, 2.24) is 4.90 Å². The van der Waals surface area contributed by atoms with Gasteiger partial charge in [0.2, 0.25) is 0 Å². The molecule has 0 spiro atoms. The Morgan fingerprint density at radius 1 is 1.32 bits per heavy atom. The zero-order valence-electron chi connectivity index (χ0n) is 11.0. The molecule has 0 unspecified atom stereocenters. The number of aliphatic hydroxyl groups is 1.